The highest BCUT2D eigenvalue weighted by Gasteiger charge is 2.27. The van der Waals surface area contributed by atoms with Gasteiger partial charge in [0.05, 0.1) is 20.8 Å². The standard InChI is InChI=1S/C44H56Br2O4S4/c1-5-9-13-15-19-29(17-11-7-3)27-49-43(47)35-25-31-39(33-21-23-37(45)51-33)42-32(40(41(31)53-35)34-22-24-38(46)52-34)26-36(54-42)44(48)50-28-30(18-12-8-4)20-16-14-10-6-2/h21-26,29-30H,5-20,27-28H2,1-4H3. The van der Waals surface area contributed by atoms with Gasteiger partial charge in [0.1, 0.15) is 9.75 Å². The summed E-state index contributed by atoms with van der Waals surface area (Å²) >= 11 is 13.7. The number of hydrogen-bond acceptors (Lipinski definition) is 8. The SMILES string of the molecule is CCCCCCC(CCCC)COC(=O)c1cc2c(-c3ccc(Br)s3)c3sc(C(=O)OCC(CCCC)CCCCCC)cc3c(-c3ccc(Br)s3)c2s1. The molecule has 1 aromatic carbocycles. The van der Waals surface area contributed by atoms with Crippen molar-refractivity contribution in [3.63, 3.8) is 0 Å². The Balaban J connectivity index is 1.51. The Kier molecular flexibility index (Phi) is 18.1. The average molecular weight is 937 g/mol. The van der Waals surface area contributed by atoms with Crippen LogP contribution in [0, 0.1) is 11.8 Å². The van der Waals surface area contributed by atoms with E-state index in [1.165, 1.54) is 74.0 Å². The van der Waals surface area contributed by atoms with Crippen molar-refractivity contribution >= 4 is 109 Å². The average Bonchev–Trinajstić information content (AvgIpc) is 3.99. The Labute approximate surface area is 355 Å². The van der Waals surface area contributed by atoms with Gasteiger partial charge in [0.25, 0.3) is 0 Å². The molecule has 0 radical (unpaired) electrons. The topological polar surface area (TPSA) is 52.6 Å². The van der Waals surface area contributed by atoms with Gasteiger partial charge >= 0.3 is 11.9 Å². The van der Waals surface area contributed by atoms with Crippen LogP contribution in [0.4, 0.5) is 0 Å². The Morgan fingerprint density at radius 2 is 0.926 bits per heavy atom. The monoisotopic (exact) mass is 934 g/mol. The summed E-state index contributed by atoms with van der Waals surface area (Å²) in [6, 6.07) is 12.5. The molecule has 4 heterocycles. The lowest BCUT2D eigenvalue weighted by atomic mass is 9.96. The van der Waals surface area contributed by atoms with E-state index in [1.54, 1.807) is 22.7 Å². The lowest BCUT2D eigenvalue weighted by Crippen LogP contribution is -2.14. The molecule has 0 spiro atoms. The largest absolute Gasteiger partial charge is 0.461 e. The van der Waals surface area contributed by atoms with E-state index in [2.05, 4.69) is 83.8 Å². The number of carbonyl (C=O) groups is 2. The minimum atomic E-state index is -0.247. The summed E-state index contributed by atoms with van der Waals surface area (Å²) in [6.45, 7) is 9.86. The number of hydrogen-bond donors (Lipinski definition) is 0. The zero-order valence-electron chi connectivity index (χ0n) is 32.4. The Bertz CT molecular complexity index is 1740. The highest BCUT2D eigenvalue weighted by Crippen LogP contribution is 2.52. The predicted octanol–water partition coefficient (Wildman–Crippen LogP) is 17.0. The van der Waals surface area contributed by atoms with Crippen LogP contribution >= 0.6 is 77.2 Å². The van der Waals surface area contributed by atoms with E-state index in [9.17, 15) is 9.59 Å². The van der Waals surface area contributed by atoms with Crippen LogP contribution in [0.15, 0.2) is 44.0 Å². The van der Waals surface area contributed by atoms with Gasteiger partial charge in [0.2, 0.25) is 0 Å². The molecule has 10 heteroatoms. The number of carbonyl (C=O) groups excluding carboxylic acids is 2. The number of rotatable bonds is 24. The van der Waals surface area contributed by atoms with Crippen molar-refractivity contribution in [2.75, 3.05) is 13.2 Å². The van der Waals surface area contributed by atoms with Gasteiger partial charge in [-0.2, -0.15) is 0 Å². The van der Waals surface area contributed by atoms with E-state index in [4.69, 9.17) is 9.47 Å². The van der Waals surface area contributed by atoms with Gasteiger partial charge in [-0.1, -0.05) is 105 Å². The highest BCUT2D eigenvalue weighted by molar-refractivity contribution is 9.11. The van der Waals surface area contributed by atoms with Crippen molar-refractivity contribution in [1.29, 1.82) is 0 Å². The molecule has 0 bridgehead atoms. The molecule has 0 aliphatic heterocycles. The molecule has 0 aliphatic rings. The first-order chi connectivity index (χ1) is 26.3. The van der Waals surface area contributed by atoms with Crippen LogP contribution in [0.25, 0.3) is 41.1 Å². The summed E-state index contributed by atoms with van der Waals surface area (Å²) in [4.78, 5) is 31.1. The van der Waals surface area contributed by atoms with Gasteiger partial charge in [-0.25, -0.2) is 9.59 Å². The minimum absolute atomic E-state index is 0.247. The molecule has 0 fully saturated rings. The fraction of sp³-hybridized carbons (Fsp3) is 0.545. The molecule has 4 nitrogen and oxygen atoms in total. The summed E-state index contributed by atoms with van der Waals surface area (Å²) in [5, 5.41) is 2.03. The molecule has 5 rings (SSSR count). The first-order valence-corrected chi connectivity index (χ1v) is 25.0. The van der Waals surface area contributed by atoms with E-state index in [1.807, 2.05) is 12.1 Å². The number of halogens is 2. The summed E-state index contributed by atoms with van der Waals surface area (Å²) in [5.74, 6) is 0.292. The van der Waals surface area contributed by atoms with E-state index in [-0.39, 0.29) is 11.9 Å². The van der Waals surface area contributed by atoms with E-state index < -0.39 is 0 Å². The maximum absolute atomic E-state index is 13.9. The second-order valence-electron chi connectivity index (χ2n) is 14.6. The molecule has 0 saturated heterocycles. The van der Waals surface area contributed by atoms with Crippen LogP contribution in [0.3, 0.4) is 0 Å². The summed E-state index contributed by atoms with van der Waals surface area (Å²) in [6.07, 6.45) is 18.8. The van der Waals surface area contributed by atoms with Crippen LogP contribution in [0.5, 0.6) is 0 Å². The van der Waals surface area contributed by atoms with Gasteiger partial charge in [0, 0.05) is 41.1 Å². The number of benzene rings is 1. The third-order valence-electron chi connectivity index (χ3n) is 10.3. The number of esters is 2. The van der Waals surface area contributed by atoms with Crippen LogP contribution in [-0.4, -0.2) is 25.2 Å². The van der Waals surface area contributed by atoms with Gasteiger partial charge in [-0.05, 0) is 106 Å². The zero-order valence-corrected chi connectivity index (χ0v) is 38.8. The molecule has 5 aromatic rings. The molecular weight excluding hydrogens is 881 g/mol. The quantitative estimate of drug-likeness (QED) is 0.0457. The normalized spacial score (nSPS) is 12.9. The molecular formula is C44H56Br2O4S4. The van der Waals surface area contributed by atoms with Crippen LogP contribution in [0.1, 0.15) is 150 Å². The van der Waals surface area contributed by atoms with Gasteiger partial charge in [-0.15, -0.1) is 45.3 Å². The van der Waals surface area contributed by atoms with Crippen molar-refractivity contribution in [1.82, 2.24) is 0 Å². The van der Waals surface area contributed by atoms with Gasteiger partial charge in [-0.3, -0.25) is 0 Å². The minimum Gasteiger partial charge on any atom is -0.461 e. The second kappa shape index (κ2) is 22.4. The second-order valence-corrected chi connectivity index (χ2v) is 21.6. The molecule has 4 aromatic heterocycles. The maximum atomic E-state index is 13.9. The number of thiophene rings is 4. The molecule has 2 atom stereocenters. The first kappa shape index (κ1) is 43.6. The maximum Gasteiger partial charge on any atom is 0.348 e. The first-order valence-electron chi connectivity index (χ1n) is 20.2. The fourth-order valence-electron chi connectivity index (χ4n) is 7.21. The number of fused-ring (bicyclic) bond motifs is 2. The van der Waals surface area contributed by atoms with Gasteiger partial charge < -0.3 is 9.47 Å². The fourth-order valence-corrected chi connectivity index (χ4v) is 12.5. The van der Waals surface area contributed by atoms with Crippen molar-refractivity contribution in [2.45, 2.75) is 130 Å². The molecule has 54 heavy (non-hydrogen) atoms. The third-order valence-corrected chi connectivity index (χ3v) is 15.8. The molecule has 0 N–H and O–H groups in total. The Hall–Kier alpha value is -1.56. The summed E-state index contributed by atoms with van der Waals surface area (Å²) < 4.78 is 16.4. The summed E-state index contributed by atoms with van der Waals surface area (Å²) in [7, 11) is 0. The van der Waals surface area contributed by atoms with Crippen molar-refractivity contribution in [3.8, 4) is 20.9 Å². The molecule has 0 amide bonds. The number of unbranched alkanes of at least 4 members (excludes halogenated alkanes) is 8. The smallest absolute Gasteiger partial charge is 0.348 e. The van der Waals surface area contributed by atoms with Crippen LogP contribution in [-0.2, 0) is 9.47 Å². The predicted molar refractivity (Wildman–Crippen MR) is 243 cm³/mol. The molecule has 0 aliphatic carbocycles. The van der Waals surface area contributed by atoms with Crippen molar-refractivity contribution in [3.05, 3.63) is 53.7 Å². The van der Waals surface area contributed by atoms with Crippen LogP contribution in [0.2, 0.25) is 0 Å². The molecule has 2 unspecified atom stereocenters. The zero-order chi connectivity index (χ0) is 38.5. The van der Waals surface area contributed by atoms with Crippen molar-refractivity contribution in [2.24, 2.45) is 11.8 Å². The number of ether oxygens (including phenoxy) is 2. The Morgan fingerprint density at radius 3 is 1.28 bits per heavy atom. The van der Waals surface area contributed by atoms with Crippen LogP contribution < -0.4 is 0 Å². The van der Waals surface area contributed by atoms with E-state index >= 15 is 0 Å². The summed E-state index contributed by atoms with van der Waals surface area (Å²) in [5.41, 5.74) is 2.12. The van der Waals surface area contributed by atoms with Gasteiger partial charge in [0.15, 0.2) is 0 Å². The van der Waals surface area contributed by atoms with Crippen molar-refractivity contribution < 1.29 is 19.1 Å². The molecule has 0 saturated carbocycles. The highest BCUT2D eigenvalue weighted by atomic mass is 79.9. The Morgan fingerprint density at radius 1 is 0.537 bits per heavy atom. The van der Waals surface area contributed by atoms with E-state index in [0.29, 0.717) is 34.8 Å². The van der Waals surface area contributed by atoms with E-state index in [0.717, 1.165) is 100.0 Å². The lowest BCUT2D eigenvalue weighted by molar-refractivity contribution is 0.0420. The third kappa shape index (κ3) is 11.7. The lowest BCUT2D eigenvalue weighted by Gasteiger charge is -2.16. The molecule has 294 valence electrons.